The summed E-state index contributed by atoms with van der Waals surface area (Å²) < 4.78 is 59.2. The van der Waals surface area contributed by atoms with Crippen LogP contribution in [0, 0.1) is 11.3 Å². The number of ether oxygens (including phenoxy) is 10. The van der Waals surface area contributed by atoms with Crippen molar-refractivity contribution in [3.8, 4) is 75.7 Å². The van der Waals surface area contributed by atoms with Gasteiger partial charge < -0.3 is 75.2 Å². The van der Waals surface area contributed by atoms with Crippen molar-refractivity contribution in [2.24, 2.45) is 10.9 Å². The number of rotatable bonds is 18. The van der Waals surface area contributed by atoms with Crippen molar-refractivity contribution in [2.75, 3.05) is 47.7 Å². The van der Waals surface area contributed by atoms with Crippen molar-refractivity contribution in [2.45, 2.75) is 132 Å². The monoisotopic (exact) mass is 1860 g/mol. The molecule has 0 spiro atoms. The van der Waals surface area contributed by atoms with Crippen molar-refractivity contribution in [3.63, 3.8) is 0 Å². The Balaban J connectivity index is 0.000000244. The number of oxime groups is 1. The van der Waals surface area contributed by atoms with Crippen LogP contribution in [0.25, 0.3) is 11.5 Å². The lowest BCUT2D eigenvalue weighted by Gasteiger charge is -2.21. The number of nitrogens with two attached hydrogens (primary N) is 1. The molecule has 5 amide bonds. The van der Waals surface area contributed by atoms with E-state index >= 15 is 0 Å². The highest BCUT2D eigenvalue weighted by atomic mass is 35.5. The van der Waals surface area contributed by atoms with Gasteiger partial charge in [-0.15, -0.1) is 0 Å². The molecule has 0 aliphatic heterocycles. The summed E-state index contributed by atoms with van der Waals surface area (Å²) in [6.07, 6.45) is 6.57. The zero-order valence-corrected chi connectivity index (χ0v) is 76.7. The van der Waals surface area contributed by atoms with E-state index in [0.717, 1.165) is 5.82 Å². The Morgan fingerprint density at radius 1 is 0.385 bits per heavy atom. The van der Waals surface area contributed by atoms with E-state index in [0.29, 0.717) is 106 Å². The molecule has 0 bridgehead atoms. The molecule has 7 aromatic heterocycles. The number of hydrogen-bond donors (Lipinski definition) is 7. The Morgan fingerprint density at radius 3 is 0.962 bits per heavy atom. The number of amidine groups is 1. The van der Waals surface area contributed by atoms with Crippen LogP contribution in [0.1, 0.15) is 115 Å². The molecule has 684 valence electrons. The standard InChI is InChI=1S/C18H24N4O3.C17H17N5O4.C16H19N5O4.C16H16N4O3.C15H16ClN3O3.C4H2Cl2N2.ClH/c1-18(2,3)25-17(23)21-13-7-9-14(10-8-13)24-16-11-15(19-12-20-16)22(4,5)6;1-17(2,3)26-16(23)21-11-4-6-12(7-5-11)25-14-8-13(18-9-19-14)15-20-10-24-22-15;1-16(2,3)25-15(22)20-10-4-6-11(7-5-10)24-13-8-12(14(17)21-23)18-9-19-13;1-16(2,3)23-15(21)20-11-4-6-13(7-5-11)22-14-8-12(9-17)18-10-19-14;1-15(2,3)22-14(20)19-10-4-6-11(7-5-10)21-13-8-12(16)17-9-18-13;5-3-1-4(6)8-2-7-3;/h7-12H,1-6H3;4-10H,1-3H3,(H,21,23);4-9,23H,1-3H3,(H2,17,21)(H,20,22);4-8,10H,1-3H3,(H,20,21);4-9H,1-3H3,(H,19,20);1-2H;1H. The first kappa shape index (κ1) is 104. The van der Waals surface area contributed by atoms with Crippen LogP contribution < -0.4 is 72.9 Å². The quantitative estimate of drug-likeness (QED) is 0.00798. The van der Waals surface area contributed by atoms with Gasteiger partial charge in [-0.25, -0.2) is 78.8 Å². The fraction of sp³-hybridized carbons (Fsp3) is 0.267. The van der Waals surface area contributed by atoms with Gasteiger partial charge in [-0.3, -0.25) is 31.1 Å². The van der Waals surface area contributed by atoms with Gasteiger partial charge in [0.05, 0.1) is 27.2 Å². The zero-order chi connectivity index (χ0) is 94.7. The predicted molar refractivity (Wildman–Crippen MR) is 479 cm³/mol. The van der Waals surface area contributed by atoms with Gasteiger partial charge in [0.1, 0.15) is 133 Å². The van der Waals surface area contributed by atoms with Crippen LogP contribution in [-0.2, 0) is 23.7 Å². The summed E-state index contributed by atoms with van der Waals surface area (Å²) in [6, 6.07) is 45.0. The number of hydrogen-bond acceptors (Lipinski definition) is 33. The maximum Gasteiger partial charge on any atom is 0.412 e. The molecule has 0 atom stereocenters. The Morgan fingerprint density at radius 2 is 0.669 bits per heavy atom. The summed E-state index contributed by atoms with van der Waals surface area (Å²) in [5, 5.41) is 38.3. The van der Waals surface area contributed by atoms with Gasteiger partial charge in [-0.05, 0) is 225 Å². The largest absolute Gasteiger partial charge is 1.00 e. The van der Waals surface area contributed by atoms with Crippen LogP contribution in [0.15, 0.2) is 212 Å². The average molecular weight is 1860 g/mol. The van der Waals surface area contributed by atoms with Crippen LogP contribution in [0.5, 0.6) is 58.1 Å². The second kappa shape index (κ2) is 48.6. The van der Waals surface area contributed by atoms with E-state index in [1.807, 2.05) is 48.0 Å². The lowest BCUT2D eigenvalue weighted by Crippen LogP contribution is -3.00. The first-order valence-corrected chi connectivity index (χ1v) is 39.5. The van der Waals surface area contributed by atoms with Crippen molar-refractivity contribution in [3.05, 3.63) is 229 Å². The molecule has 5 aromatic carbocycles. The SMILES string of the molecule is CC(C)(C)OC(=O)Nc1ccc(Oc2cc(-c3ncon3)ncn2)cc1.CC(C)(C)OC(=O)Nc1ccc(Oc2cc(C#N)ncn2)cc1.CC(C)(C)OC(=O)Nc1ccc(Oc2cc(C(N)=NO)ncn2)cc1.CC(C)(C)OC(=O)Nc1ccc(Oc2cc(Cl)ncn2)cc1.CC(C)(C)OC(=O)Nc1ccc(Oc2cc([N+](C)(C)C)ncn2)cc1.Clc1cc(Cl)ncn1.[Cl-]. The van der Waals surface area contributed by atoms with Gasteiger partial charge in [0.15, 0.2) is 5.84 Å². The van der Waals surface area contributed by atoms with Gasteiger partial charge in [-0.1, -0.05) is 45.1 Å². The predicted octanol–water partition coefficient (Wildman–Crippen LogP) is 16.7. The van der Waals surface area contributed by atoms with E-state index in [4.69, 9.17) is 103 Å². The number of benzene rings is 5. The number of nitrogens with zero attached hydrogens (tertiary/aromatic N) is 17. The molecule has 12 aromatic rings. The number of nitriles is 1. The maximum absolute atomic E-state index is 11.8. The zero-order valence-electron chi connectivity index (χ0n) is 73.7. The molecule has 0 aliphatic rings. The Bertz CT molecular complexity index is 5700. The lowest BCUT2D eigenvalue weighted by atomic mass is 10.2. The number of carbonyl (C=O) groups is 5. The van der Waals surface area contributed by atoms with E-state index in [2.05, 4.69) is 102 Å². The lowest BCUT2D eigenvalue weighted by molar-refractivity contribution is -0.000111. The molecule has 0 radical (unpaired) electrons. The normalized spacial score (nSPS) is 11.0. The molecule has 0 aliphatic carbocycles. The summed E-state index contributed by atoms with van der Waals surface area (Å²) in [5.41, 5.74) is 6.57. The topological polar surface area (TPSA) is 514 Å². The van der Waals surface area contributed by atoms with E-state index in [1.54, 1.807) is 217 Å². The van der Waals surface area contributed by atoms with Crippen molar-refractivity contribution in [1.82, 2.24) is 74.4 Å². The molecule has 0 fully saturated rings. The number of amides is 5. The summed E-state index contributed by atoms with van der Waals surface area (Å²) >= 11 is 16.6. The Labute approximate surface area is 769 Å². The molecule has 0 saturated carbocycles. The number of anilines is 5. The minimum Gasteiger partial charge on any atom is -1.00 e. The minimum atomic E-state index is -0.572. The van der Waals surface area contributed by atoms with Crippen LogP contribution in [0.3, 0.4) is 0 Å². The summed E-state index contributed by atoms with van der Waals surface area (Å²) in [6.45, 7) is 27.0. The van der Waals surface area contributed by atoms with Crippen molar-refractivity contribution < 1.29 is 93.5 Å². The number of aromatic nitrogens is 14. The highest BCUT2D eigenvalue weighted by Crippen LogP contribution is 2.30. The van der Waals surface area contributed by atoms with Gasteiger partial charge in [0.25, 0.3) is 0 Å². The molecular formula is C86H95Cl4N23O17. The highest BCUT2D eigenvalue weighted by molar-refractivity contribution is 6.33. The summed E-state index contributed by atoms with van der Waals surface area (Å²) in [4.78, 5) is 109. The highest BCUT2D eigenvalue weighted by Gasteiger charge is 2.23. The molecule has 0 saturated heterocycles. The smallest absolute Gasteiger partial charge is 0.412 e. The van der Waals surface area contributed by atoms with Gasteiger partial charge >= 0.3 is 30.5 Å². The summed E-state index contributed by atoms with van der Waals surface area (Å²) in [7, 11) is 6.05. The first-order chi connectivity index (χ1) is 60.6. The molecule has 12 rings (SSSR count). The third kappa shape index (κ3) is 41.4. The second-order valence-electron chi connectivity index (χ2n) is 31.9. The number of quaternary nitrogens is 1. The third-order valence-corrected chi connectivity index (χ3v) is 14.8. The van der Waals surface area contributed by atoms with Crippen LogP contribution in [0.2, 0.25) is 15.5 Å². The van der Waals surface area contributed by atoms with Crippen molar-refractivity contribution >= 4 is 105 Å². The molecule has 7 heterocycles. The number of carbonyl (C=O) groups excluding carboxylic acids is 5. The first-order valence-electron chi connectivity index (χ1n) is 38.4. The fourth-order valence-electron chi connectivity index (χ4n) is 9.02. The average Bonchev–Trinajstić information content (AvgIpc) is 1.13. The fourth-order valence-corrected chi connectivity index (χ4v) is 9.51. The molecule has 40 nitrogen and oxygen atoms in total. The maximum atomic E-state index is 11.8. The minimum absolute atomic E-state index is 0. The molecular weight excluding hydrogens is 1770 g/mol. The van der Waals surface area contributed by atoms with Crippen molar-refractivity contribution in [1.29, 1.82) is 5.26 Å². The third-order valence-electron chi connectivity index (χ3n) is 14.1. The van der Waals surface area contributed by atoms with Crippen LogP contribution in [0.4, 0.5) is 58.2 Å². The molecule has 0 unspecified atom stereocenters. The number of nitrogens with one attached hydrogen (secondary N) is 5. The second-order valence-corrected chi connectivity index (χ2v) is 33.1. The van der Waals surface area contributed by atoms with E-state index in [-0.39, 0.29) is 41.4 Å². The Kier molecular flexibility index (Phi) is 38.8. The summed E-state index contributed by atoms with van der Waals surface area (Å²) in [5.74, 6) is 5.37. The van der Waals surface area contributed by atoms with Crippen LogP contribution >= 0.6 is 34.8 Å². The molecule has 44 heteroatoms. The molecule has 8 N–H and O–H groups in total. The van der Waals surface area contributed by atoms with Crippen LogP contribution in [-0.4, -0.2) is 161 Å². The van der Waals surface area contributed by atoms with E-state index in [1.165, 1.54) is 68.6 Å². The Hall–Kier alpha value is -15.1. The van der Waals surface area contributed by atoms with E-state index < -0.39 is 58.5 Å². The van der Waals surface area contributed by atoms with Gasteiger partial charge in [0, 0.05) is 58.8 Å². The number of halogens is 4. The molecule has 130 heavy (non-hydrogen) atoms. The van der Waals surface area contributed by atoms with E-state index in [9.17, 15) is 24.0 Å². The van der Waals surface area contributed by atoms with Gasteiger partial charge in [-0.2, -0.15) is 15.2 Å². The van der Waals surface area contributed by atoms with Gasteiger partial charge in [0.2, 0.25) is 47.4 Å².